The predicted octanol–water partition coefficient (Wildman–Crippen LogP) is 4.73. The van der Waals surface area contributed by atoms with Gasteiger partial charge in [-0.25, -0.2) is 4.39 Å². The molecule has 0 saturated carbocycles. The number of rotatable bonds is 9. The Labute approximate surface area is 115 Å². The van der Waals surface area contributed by atoms with Crippen LogP contribution < -0.4 is 5.73 Å². The van der Waals surface area contributed by atoms with Gasteiger partial charge in [-0.2, -0.15) is 0 Å². The van der Waals surface area contributed by atoms with Crippen molar-refractivity contribution in [1.82, 2.24) is 0 Å². The Hall–Kier alpha value is -1.38. The zero-order chi connectivity index (χ0) is 14.1. The van der Waals surface area contributed by atoms with E-state index in [1.165, 1.54) is 50.3 Å². The van der Waals surface area contributed by atoms with Crippen molar-refractivity contribution in [3.05, 3.63) is 29.6 Å². The van der Waals surface area contributed by atoms with Gasteiger partial charge in [-0.05, 0) is 24.6 Å². The largest absolute Gasteiger partial charge is 0.398 e. The van der Waals surface area contributed by atoms with Crippen molar-refractivity contribution in [2.75, 3.05) is 5.73 Å². The highest BCUT2D eigenvalue weighted by atomic mass is 19.1. The minimum absolute atomic E-state index is 0.0504. The number of halogens is 1. The van der Waals surface area contributed by atoms with Crippen molar-refractivity contribution < 1.29 is 9.18 Å². The summed E-state index contributed by atoms with van der Waals surface area (Å²) < 4.78 is 13.1. The third kappa shape index (κ3) is 5.86. The molecule has 106 valence electrons. The van der Waals surface area contributed by atoms with Gasteiger partial charge in [-0.15, -0.1) is 0 Å². The molecule has 0 saturated heterocycles. The maximum Gasteiger partial charge on any atom is 0.165 e. The molecule has 0 aliphatic rings. The monoisotopic (exact) mass is 265 g/mol. The molecular weight excluding hydrogens is 241 g/mol. The first-order valence-corrected chi connectivity index (χ1v) is 7.23. The minimum atomic E-state index is -0.405. The Balaban J connectivity index is 2.26. The summed E-state index contributed by atoms with van der Waals surface area (Å²) in [5.74, 6) is -0.456. The molecule has 0 spiro atoms. The highest BCUT2D eigenvalue weighted by Gasteiger charge is 2.10. The van der Waals surface area contributed by atoms with E-state index in [1.807, 2.05) is 0 Å². The fraction of sp³-hybridized carbons (Fsp3) is 0.562. The highest BCUT2D eigenvalue weighted by Crippen LogP contribution is 2.17. The molecule has 2 N–H and O–H groups in total. The summed E-state index contributed by atoms with van der Waals surface area (Å²) >= 11 is 0. The topological polar surface area (TPSA) is 43.1 Å². The average Bonchev–Trinajstić information content (AvgIpc) is 2.40. The minimum Gasteiger partial charge on any atom is -0.398 e. The number of nitrogens with two attached hydrogens (primary N) is 1. The number of carbonyl (C=O) groups excluding carboxylic acids is 1. The van der Waals surface area contributed by atoms with Crippen molar-refractivity contribution >= 4 is 11.5 Å². The molecule has 0 amide bonds. The molecule has 0 heterocycles. The number of benzene rings is 1. The zero-order valence-electron chi connectivity index (χ0n) is 11.8. The maximum absolute atomic E-state index is 13.1. The number of hydrogen-bond donors (Lipinski definition) is 1. The van der Waals surface area contributed by atoms with Gasteiger partial charge in [0.25, 0.3) is 0 Å². The van der Waals surface area contributed by atoms with Gasteiger partial charge in [0.05, 0.1) is 0 Å². The third-order valence-corrected chi connectivity index (χ3v) is 3.32. The predicted molar refractivity (Wildman–Crippen MR) is 77.8 cm³/mol. The number of Topliss-reactive ketones (excluding diaryl/α,β-unsaturated/α-hetero) is 1. The number of anilines is 1. The molecule has 1 rings (SSSR count). The first-order valence-electron chi connectivity index (χ1n) is 7.23. The highest BCUT2D eigenvalue weighted by molar-refractivity contribution is 6.00. The molecule has 0 aliphatic heterocycles. The van der Waals surface area contributed by atoms with Crippen LogP contribution in [0.1, 0.15) is 68.6 Å². The van der Waals surface area contributed by atoms with Crippen LogP contribution in [0.25, 0.3) is 0 Å². The van der Waals surface area contributed by atoms with E-state index >= 15 is 0 Å². The van der Waals surface area contributed by atoms with Crippen molar-refractivity contribution in [2.24, 2.45) is 0 Å². The van der Waals surface area contributed by atoms with Gasteiger partial charge in [-0.3, -0.25) is 4.79 Å². The van der Waals surface area contributed by atoms with Crippen molar-refractivity contribution in [2.45, 2.75) is 58.3 Å². The lowest BCUT2D eigenvalue weighted by Crippen LogP contribution is -2.04. The van der Waals surface area contributed by atoms with Gasteiger partial charge in [0.15, 0.2) is 5.78 Å². The van der Waals surface area contributed by atoms with Gasteiger partial charge in [0, 0.05) is 17.7 Å². The fourth-order valence-corrected chi connectivity index (χ4v) is 2.15. The normalized spacial score (nSPS) is 10.6. The SMILES string of the molecule is CCCCCCCCCC(=O)c1cc(F)ccc1N. The van der Waals surface area contributed by atoms with Crippen LogP contribution in [0.5, 0.6) is 0 Å². The molecule has 0 bridgehead atoms. The Bertz CT molecular complexity index is 404. The van der Waals surface area contributed by atoms with Crippen LogP contribution >= 0.6 is 0 Å². The van der Waals surface area contributed by atoms with E-state index in [4.69, 9.17) is 5.73 Å². The molecule has 2 nitrogen and oxygen atoms in total. The van der Waals surface area contributed by atoms with Crippen LogP contribution in [-0.4, -0.2) is 5.78 Å². The second-order valence-corrected chi connectivity index (χ2v) is 5.03. The van der Waals surface area contributed by atoms with Crippen molar-refractivity contribution in [3.8, 4) is 0 Å². The Morgan fingerprint density at radius 1 is 1.11 bits per heavy atom. The molecule has 0 aromatic heterocycles. The second-order valence-electron chi connectivity index (χ2n) is 5.03. The lowest BCUT2D eigenvalue weighted by atomic mass is 10.0. The Morgan fingerprint density at radius 2 is 1.74 bits per heavy atom. The summed E-state index contributed by atoms with van der Waals surface area (Å²) in [6.45, 7) is 2.20. The molecule has 0 radical (unpaired) electrons. The lowest BCUT2D eigenvalue weighted by Gasteiger charge is -2.05. The molecular formula is C16H24FNO. The summed E-state index contributed by atoms with van der Waals surface area (Å²) in [5, 5.41) is 0. The van der Waals surface area contributed by atoms with Crippen molar-refractivity contribution in [3.63, 3.8) is 0 Å². The summed E-state index contributed by atoms with van der Waals surface area (Å²) in [6, 6.07) is 3.96. The standard InChI is InChI=1S/C16H24FNO/c1-2-3-4-5-6-7-8-9-16(19)14-12-13(17)10-11-15(14)18/h10-12H,2-9,18H2,1H3. The van der Waals surface area contributed by atoms with Gasteiger partial charge in [0.1, 0.15) is 5.82 Å². The van der Waals surface area contributed by atoms with Crippen LogP contribution in [0, 0.1) is 5.82 Å². The summed E-state index contributed by atoms with van der Waals surface area (Å²) in [6.07, 6.45) is 8.61. The van der Waals surface area contributed by atoms with Crippen molar-refractivity contribution in [1.29, 1.82) is 0 Å². The molecule has 19 heavy (non-hydrogen) atoms. The molecule has 0 atom stereocenters. The smallest absolute Gasteiger partial charge is 0.165 e. The van der Waals surface area contributed by atoms with Gasteiger partial charge in [-0.1, -0.05) is 45.4 Å². The van der Waals surface area contributed by atoms with Crippen LogP contribution in [0.4, 0.5) is 10.1 Å². The second kappa shape index (κ2) is 8.68. The summed E-state index contributed by atoms with van der Waals surface area (Å²) in [4.78, 5) is 11.9. The van der Waals surface area contributed by atoms with Crippen LogP contribution in [-0.2, 0) is 0 Å². The zero-order valence-corrected chi connectivity index (χ0v) is 11.8. The fourth-order valence-electron chi connectivity index (χ4n) is 2.15. The van der Waals surface area contributed by atoms with Gasteiger partial charge in [0.2, 0.25) is 0 Å². The van der Waals surface area contributed by atoms with E-state index in [0.29, 0.717) is 17.7 Å². The maximum atomic E-state index is 13.1. The first-order chi connectivity index (χ1) is 9.15. The van der Waals surface area contributed by atoms with Crippen LogP contribution in [0.2, 0.25) is 0 Å². The van der Waals surface area contributed by atoms with E-state index in [9.17, 15) is 9.18 Å². The van der Waals surface area contributed by atoms with Crippen LogP contribution in [0.3, 0.4) is 0 Å². The Morgan fingerprint density at radius 3 is 2.42 bits per heavy atom. The molecule has 0 fully saturated rings. The number of nitrogen functional groups attached to an aromatic ring is 1. The summed E-state index contributed by atoms with van der Waals surface area (Å²) in [5.41, 5.74) is 6.38. The quantitative estimate of drug-likeness (QED) is 0.398. The van der Waals surface area contributed by atoms with E-state index in [-0.39, 0.29) is 5.78 Å². The number of ketones is 1. The molecule has 1 aromatic carbocycles. The Kier molecular flexibility index (Phi) is 7.16. The summed E-state index contributed by atoms with van der Waals surface area (Å²) in [7, 11) is 0. The van der Waals surface area contributed by atoms with Crippen LogP contribution in [0.15, 0.2) is 18.2 Å². The third-order valence-electron chi connectivity index (χ3n) is 3.32. The number of carbonyl (C=O) groups is 1. The van der Waals surface area contributed by atoms with E-state index in [2.05, 4.69) is 6.92 Å². The molecule has 0 unspecified atom stereocenters. The molecule has 0 aliphatic carbocycles. The van der Waals surface area contributed by atoms with E-state index in [0.717, 1.165) is 12.8 Å². The lowest BCUT2D eigenvalue weighted by molar-refractivity contribution is 0.0979. The number of hydrogen-bond acceptors (Lipinski definition) is 2. The average molecular weight is 265 g/mol. The molecule has 1 aromatic rings. The van der Waals surface area contributed by atoms with E-state index < -0.39 is 5.82 Å². The van der Waals surface area contributed by atoms with Gasteiger partial charge < -0.3 is 5.73 Å². The van der Waals surface area contributed by atoms with E-state index in [1.54, 1.807) is 0 Å². The molecule has 3 heteroatoms. The van der Waals surface area contributed by atoms with Gasteiger partial charge >= 0.3 is 0 Å². The number of unbranched alkanes of at least 4 members (excludes halogenated alkanes) is 6. The first kappa shape index (κ1) is 15.7.